The van der Waals surface area contributed by atoms with Crippen LogP contribution in [0.2, 0.25) is 0 Å². The van der Waals surface area contributed by atoms with Crippen molar-refractivity contribution in [3.63, 3.8) is 0 Å². The second kappa shape index (κ2) is 6.61. The summed E-state index contributed by atoms with van der Waals surface area (Å²) in [5.41, 5.74) is 0. The van der Waals surface area contributed by atoms with Gasteiger partial charge in [0.05, 0.1) is 13.2 Å². The molecule has 0 radical (unpaired) electrons. The molecule has 3 aliphatic rings. The molecular weight excluding hydrogens is 232 g/mol. The smallest absolute Gasteiger partial charge is 0.0519 e. The average molecular weight is 264 g/mol. The molecule has 0 spiro atoms. The van der Waals surface area contributed by atoms with Crippen molar-refractivity contribution < 1.29 is 4.74 Å². The van der Waals surface area contributed by atoms with Crippen molar-refractivity contribution in [2.24, 2.45) is 29.6 Å². The topological polar surface area (TPSA) is 9.23 Å². The van der Waals surface area contributed by atoms with Gasteiger partial charge in [-0.25, -0.2) is 0 Å². The summed E-state index contributed by atoms with van der Waals surface area (Å²) in [5, 5.41) is 0. The maximum Gasteiger partial charge on any atom is 0.0519 e. The fraction of sp³-hybridized carbons (Fsp3) is 1.00. The van der Waals surface area contributed by atoms with Crippen LogP contribution in [-0.2, 0) is 4.74 Å². The second-order valence-electron chi connectivity index (χ2n) is 7.54. The van der Waals surface area contributed by atoms with Crippen LogP contribution in [0.25, 0.3) is 0 Å². The summed E-state index contributed by atoms with van der Waals surface area (Å²) in [4.78, 5) is 0. The molecule has 0 aromatic heterocycles. The monoisotopic (exact) mass is 264 g/mol. The van der Waals surface area contributed by atoms with Crippen molar-refractivity contribution in [1.29, 1.82) is 0 Å². The standard InChI is InChI=1S/C18H32O/c1-2-3-14-4-6-15(7-5-14)16-8-10-17(11-9-16)18-12-19-13-18/h14-18H,2-13H2,1H3/t14?,15?,16-,17-. The number of rotatable bonds is 4. The molecule has 0 aromatic carbocycles. The fourth-order valence-electron chi connectivity index (χ4n) is 4.97. The Labute approximate surface area is 119 Å². The van der Waals surface area contributed by atoms with Crippen LogP contribution in [0, 0.1) is 29.6 Å². The van der Waals surface area contributed by atoms with E-state index in [2.05, 4.69) is 6.92 Å². The van der Waals surface area contributed by atoms with Gasteiger partial charge in [-0.15, -0.1) is 0 Å². The molecule has 19 heavy (non-hydrogen) atoms. The quantitative estimate of drug-likeness (QED) is 0.690. The average Bonchev–Trinajstić information content (AvgIpc) is 2.39. The van der Waals surface area contributed by atoms with Crippen molar-refractivity contribution >= 4 is 0 Å². The summed E-state index contributed by atoms with van der Waals surface area (Å²) in [6, 6.07) is 0. The second-order valence-corrected chi connectivity index (χ2v) is 7.54. The number of hydrogen-bond acceptors (Lipinski definition) is 1. The molecule has 0 N–H and O–H groups in total. The van der Waals surface area contributed by atoms with E-state index in [0.29, 0.717) is 0 Å². The first kappa shape index (κ1) is 13.9. The maximum absolute atomic E-state index is 5.37. The lowest BCUT2D eigenvalue weighted by atomic mass is 9.67. The Bertz CT molecular complexity index is 255. The van der Waals surface area contributed by atoms with Gasteiger partial charge < -0.3 is 4.74 Å². The van der Waals surface area contributed by atoms with Crippen LogP contribution in [0.3, 0.4) is 0 Å². The van der Waals surface area contributed by atoms with Gasteiger partial charge in [0.1, 0.15) is 0 Å². The van der Waals surface area contributed by atoms with Gasteiger partial charge in [-0.05, 0) is 62.2 Å². The molecule has 0 atom stereocenters. The Morgan fingerprint density at radius 2 is 1.16 bits per heavy atom. The number of hydrogen-bond donors (Lipinski definition) is 0. The minimum Gasteiger partial charge on any atom is -0.381 e. The highest BCUT2D eigenvalue weighted by Crippen LogP contribution is 2.44. The van der Waals surface area contributed by atoms with E-state index >= 15 is 0 Å². The van der Waals surface area contributed by atoms with E-state index < -0.39 is 0 Å². The first-order valence-electron chi connectivity index (χ1n) is 8.94. The zero-order valence-corrected chi connectivity index (χ0v) is 12.8. The summed E-state index contributed by atoms with van der Waals surface area (Å²) in [7, 11) is 0. The van der Waals surface area contributed by atoms with Crippen LogP contribution in [0.15, 0.2) is 0 Å². The highest BCUT2D eigenvalue weighted by molar-refractivity contribution is 4.85. The van der Waals surface area contributed by atoms with Gasteiger partial charge in [-0.2, -0.15) is 0 Å². The summed E-state index contributed by atoms with van der Waals surface area (Å²) in [5.74, 6) is 5.19. The summed E-state index contributed by atoms with van der Waals surface area (Å²) < 4.78 is 5.37. The van der Waals surface area contributed by atoms with Crippen molar-refractivity contribution in [3.8, 4) is 0 Å². The molecule has 3 rings (SSSR count). The minimum absolute atomic E-state index is 0.932. The predicted octanol–water partition coefficient (Wildman–Crippen LogP) is 5.05. The summed E-state index contributed by atoms with van der Waals surface area (Å²) in [6.07, 6.45) is 15.1. The van der Waals surface area contributed by atoms with Crippen molar-refractivity contribution in [3.05, 3.63) is 0 Å². The SMILES string of the molecule is CCCC1CCC([C@H]2CC[C@H](C3COC3)CC2)CC1. The van der Waals surface area contributed by atoms with E-state index in [0.717, 1.165) is 42.8 Å². The first-order valence-corrected chi connectivity index (χ1v) is 8.94. The molecule has 0 bridgehead atoms. The van der Waals surface area contributed by atoms with Crippen LogP contribution in [0.1, 0.15) is 71.1 Å². The minimum atomic E-state index is 0.932. The van der Waals surface area contributed by atoms with Gasteiger partial charge in [0.15, 0.2) is 0 Å². The van der Waals surface area contributed by atoms with Gasteiger partial charge in [0, 0.05) is 5.92 Å². The molecule has 110 valence electrons. The molecule has 1 nitrogen and oxygen atoms in total. The molecule has 1 aliphatic heterocycles. The molecule has 1 heterocycles. The van der Waals surface area contributed by atoms with Crippen LogP contribution in [0.5, 0.6) is 0 Å². The molecule has 0 amide bonds. The zero-order chi connectivity index (χ0) is 13.1. The summed E-state index contributed by atoms with van der Waals surface area (Å²) in [6.45, 7) is 4.48. The van der Waals surface area contributed by atoms with E-state index in [1.807, 2.05) is 0 Å². The predicted molar refractivity (Wildman–Crippen MR) is 80.1 cm³/mol. The first-order chi connectivity index (χ1) is 9.36. The zero-order valence-electron chi connectivity index (χ0n) is 12.8. The van der Waals surface area contributed by atoms with Gasteiger partial charge in [0.2, 0.25) is 0 Å². The Morgan fingerprint density at radius 3 is 1.58 bits per heavy atom. The van der Waals surface area contributed by atoms with Crippen LogP contribution >= 0.6 is 0 Å². The Hall–Kier alpha value is -0.0400. The number of ether oxygens (including phenoxy) is 1. The van der Waals surface area contributed by atoms with E-state index in [1.54, 1.807) is 12.8 Å². The summed E-state index contributed by atoms with van der Waals surface area (Å²) >= 11 is 0. The lowest BCUT2D eigenvalue weighted by Gasteiger charge is -2.41. The van der Waals surface area contributed by atoms with Crippen LogP contribution in [-0.4, -0.2) is 13.2 Å². The molecule has 0 unspecified atom stereocenters. The molecule has 2 aliphatic carbocycles. The Balaban J connectivity index is 1.39. The van der Waals surface area contributed by atoms with E-state index in [-0.39, 0.29) is 0 Å². The lowest BCUT2D eigenvalue weighted by Crippen LogP contribution is -2.37. The van der Waals surface area contributed by atoms with Crippen LogP contribution in [0.4, 0.5) is 0 Å². The fourth-order valence-corrected chi connectivity index (χ4v) is 4.97. The highest BCUT2D eigenvalue weighted by Gasteiger charge is 2.35. The van der Waals surface area contributed by atoms with E-state index in [4.69, 9.17) is 4.74 Å². The van der Waals surface area contributed by atoms with E-state index in [1.165, 1.54) is 51.4 Å². The third-order valence-electron chi connectivity index (χ3n) is 6.40. The third-order valence-corrected chi connectivity index (χ3v) is 6.40. The molecule has 1 saturated heterocycles. The van der Waals surface area contributed by atoms with Crippen molar-refractivity contribution in [2.45, 2.75) is 71.1 Å². The Morgan fingerprint density at radius 1 is 0.684 bits per heavy atom. The Kier molecular flexibility index (Phi) is 4.84. The van der Waals surface area contributed by atoms with Gasteiger partial charge >= 0.3 is 0 Å². The molecule has 0 aromatic rings. The molecule has 1 heteroatoms. The van der Waals surface area contributed by atoms with E-state index in [9.17, 15) is 0 Å². The van der Waals surface area contributed by atoms with Gasteiger partial charge in [0.25, 0.3) is 0 Å². The van der Waals surface area contributed by atoms with Crippen LogP contribution < -0.4 is 0 Å². The molecule has 2 saturated carbocycles. The normalized spacial score (nSPS) is 40.9. The van der Waals surface area contributed by atoms with Gasteiger partial charge in [-0.1, -0.05) is 32.6 Å². The van der Waals surface area contributed by atoms with Crippen molar-refractivity contribution in [1.82, 2.24) is 0 Å². The molecular formula is C18H32O. The largest absolute Gasteiger partial charge is 0.381 e. The highest BCUT2D eigenvalue weighted by atomic mass is 16.5. The van der Waals surface area contributed by atoms with Gasteiger partial charge in [-0.3, -0.25) is 0 Å². The van der Waals surface area contributed by atoms with Crippen molar-refractivity contribution in [2.75, 3.05) is 13.2 Å². The molecule has 3 fully saturated rings. The lowest BCUT2D eigenvalue weighted by molar-refractivity contribution is -0.0722. The maximum atomic E-state index is 5.37. The third kappa shape index (κ3) is 3.35.